The van der Waals surface area contributed by atoms with Crippen molar-refractivity contribution >= 4 is 5.97 Å². The molecular formula is C32H48O7. The molecule has 1 aromatic carbocycles. The molecule has 3 saturated heterocycles. The molecule has 0 aromatic heterocycles. The minimum Gasteiger partial charge on any atom is -0.497 e. The number of cyclic esters (lactones) is 1. The van der Waals surface area contributed by atoms with Crippen molar-refractivity contribution in [1.29, 1.82) is 0 Å². The fourth-order valence-electron chi connectivity index (χ4n) is 6.99. The average Bonchev–Trinajstić information content (AvgIpc) is 2.91. The Labute approximate surface area is 234 Å². The topological polar surface area (TPSA) is 72.5 Å². The van der Waals surface area contributed by atoms with Gasteiger partial charge in [0.25, 0.3) is 0 Å². The Hall–Kier alpha value is -1.93. The summed E-state index contributed by atoms with van der Waals surface area (Å²) in [4.78, 5) is 13.5. The van der Waals surface area contributed by atoms with E-state index in [1.54, 1.807) is 13.2 Å². The van der Waals surface area contributed by atoms with Crippen molar-refractivity contribution in [3.05, 3.63) is 42.5 Å². The number of benzene rings is 1. The molecule has 7 nitrogen and oxygen atoms in total. The molecule has 0 amide bonds. The van der Waals surface area contributed by atoms with Gasteiger partial charge in [0.05, 0.1) is 37.4 Å². The number of rotatable bonds is 3. The molecule has 3 aliphatic rings. The predicted molar refractivity (Wildman–Crippen MR) is 149 cm³/mol. The molecule has 4 rings (SSSR count). The molecule has 0 N–H and O–H groups in total. The van der Waals surface area contributed by atoms with Gasteiger partial charge in [-0.05, 0) is 51.2 Å². The monoisotopic (exact) mass is 544 g/mol. The molecule has 0 aliphatic carbocycles. The van der Waals surface area contributed by atoms with Crippen molar-refractivity contribution in [2.75, 3.05) is 7.11 Å². The number of hydrogen-bond donors (Lipinski definition) is 0. The Bertz CT molecular complexity index is 991. The summed E-state index contributed by atoms with van der Waals surface area (Å²) in [6.45, 7) is 20.7. The summed E-state index contributed by atoms with van der Waals surface area (Å²) in [5, 5.41) is 0. The maximum atomic E-state index is 13.5. The molecule has 0 saturated carbocycles. The Kier molecular flexibility index (Phi) is 9.16. The van der Waals surface area contributed by atoms with E-state index in [4.69, 9.17) is 28.4 Å². The van der Waals surface area contributed by atoms with E-state index >= 15 is 0 Å². The number of hydrogen-bond acceptors (Lipinski definition) is 7. The number of ether oxygens (including phenoxy) is 6. The molecule has 1 aromatic rings. The van der Waals surface area contributed by atoms with Crippen molar-refractivity contribution in [2.45, 2.75) is 104 Å². The minimum atomic E-state index is -0.802. The van der Waals surface area contributed by atoms with Gasteiger partial charge in [-0.2, -0.15) is 0 Å². The Morgan fingerprint density at radius 1 is 0.846 bits per heavy atom. The molecular weight excluding hydrogens is 496 g/mol. The highest BCUT2D eigenvalue weighted by Crippen LogP contribution is 2.44. The molecule has 3 heterocycles. The molecule has 12 atom stereocenters. The summed E-state index contributed by atoms with van der Waals surface area (Å²) >= 11 is 0. The molecule has 0 spiro atoms. The van der Waals surface area contributed by atoms with Gasteiger partial charge in [-0.25, -0.2) is 0 Å². The largest absolute Gasteiger partial charge is 0.497 e. The molecule has 3 fully saturated rings. The van der Waals surface area contributed by atoms with Crippen LogP contribution in [-0.4, -0.2) is 49.4 Å². The summed E-state index contributed by atoms with van der Waals surface area (Å²) in [7, 11) is 1.65. The maximum absolute atomic E-state index is 13.5. The predicted octanol–water partition coefficient (Wildman–Crippen LogP) is 6.32. The summed E-state index contributed by atoms with van der Waals surface area (Å²) in [5.41, 5.74) is 0.929. The van der Waals surface area contributed by atoms with Crippen LogP contribution in [0.3, 0.4) is 0 Å². The zero-order chi connectivity index (χ0) is 28.6. The van der Waals surface area contributed by atoms with E-state index in [0.29, 0.717) is 0 Å². The molecule has 39 heavy (non-hydrogen) atoms. The van der Waals surface area contributed by atoms with Crippen LogP contribution in [0.5, 0.6) is 5.75 Å². The quantitative estimate of drug-likeness (QED) is 0.326. The number of carbonyl (C=O) groups is 1. The first-order chi connectivity index (χ1) is 18.4. The molecule has 0 radical (unpaired) electrons. The van der Waals surface area contributed by atoms with Gasteiger partial charge in [-0.15, -0.1) is 0 Å². The van der Waals surface area contributed by atoms with Crippen LogP contribution in [0, 0.1) is 35.5 Å². The zero-order valence-corrected chi connectivity index (χ0v) is 25.1. The lowest BCUT2D eigenvalue weighted by molar-refractivity contribution is -0.336. The van der Waals surface area contributed by atoms with Gasteiger partial charge in [0, 0.05) is 23.3 Å². The fraction of sp³-hybridized carbons (Fsp3) is 0.719. The number of fused-ring (bicyclic) bond motifs is 4. The maximum Gasteiger partial charge on any atom is 0.311 e. The van der Waals surface area contributed by atoms with Crippen LogP contribution < -0.4 is 4.74 Å². The SMILES string of the molecule is C=C[C@@H]1OC(=O)[C@H](C)[C@H]2OC(C)(C)O[C@H]([C@H]2C)[C@@H](C)C[C@@H](C)[C@@H]2OC(c3ccc(OC)cc3)O[C@H]([C@H]2C)[C@H]1C. The first kappa shape index (κ1) is 30.0. The standard InChI is InChI=1S/C32H48O7/c1-11-25-19(4)28-20(5)26(36-31(37-28)23-12-14-24(34-10)15-13-23)17(2)16-18(3)27-21(6)29(22(7)30(33)35-25)39-32(8,9)38-27/h11-15,17-22,25-29,31H,1,16H2,2-10H3/t17-,18+,19+,20+,21-,22-,25+,26+,27+,28+,29+,31?/m1/s1. The molecule has 218 valence electrons. The van der Waals surface area contributed by atoms with Crippen molar-refractivity contribution in [3.63, 3.8) is 0 Å². The Morgan fingerprint density at radius 3 is 2.03 bits per heavy atom. The average molecular weight is 545 g/mol. The van der Waals surface area contributed by atoms with Crippen LogP contribution in [0.2, 0.25) is 0 Å². The van der Waals surface area contributed by atoms with Gasteiger partial charge in [0.1, 0.15) is 11.9 Å². The van der Waals surface area contributed by atoms with E-state index in [9.17, 15) is 4.79 Å². The number of carbonyl (C=O) groups excluding carboxylic acids is 1. The summed E-state index contributed by atoms with van der Waals surface area (Å²) in [6.07, 6.45) is 0.893. The molecule has 1 unspecified atom stereocenters. The summed E-state index contributed by atoms with van der Waals surface area (Å²) < 4.78 is 37.7. The molecule has 4 bridgehead atoms. The normalized spacial score (nSPS) is 43.1. The van der Waals surface area contributed by atoms with E-state index in [1.165, 1.54) is 0 Å². The number of esters is 1. The zero-order valence-electron chi connectivity index (χ0n) is 25.1. The second kappa shape index (κ2) is 11.9. The van der Waals surface area contributed by atoms with Gasteiger partial charge in [-0.3, -0.25) is 4.79 Å². The van der Waals surface area contributed by atoms with Crippen LogP contribution >= 0.6 is 0 Å². The first-order valence-electron chi connectivity index (χ1n) is 14.5. The van der Waals surface area contributed by atoms with E-state index < -0.39 is 24.1 Å². The van der Waals surface area contributed by atoms with E-state index in [2.05, 4.69) is 41.2 Å². The van der Waals surface area contributed by atoms with Crippen LogP contribution in [0.4, 0.5) is 0 Å². The fourth-order valence-corrected chi connectivity index (χ4v) is 6.99. The van der Waals surface area contributed by atoms with Gasteiger partial charge in [0.2, 0.25) is 0 Å². The van der Waals surface area contributed by atoms with Crippen molar-refractivity contribution in [2.24, 2.45) is 35.5 Å². The lowest BCUT2D eigenvalue weighted by Gasteiger charge is -2.50. The van der Waals surface area contributed by atoms with Crippen LogP contribution in [0.25, 0.3) is 0 Å². The van der Waals surface area contributed by atoms with Gasteiger partial charge >= 0.3 is 5.97 Å². The van der Waals surface area contributed by atoms with Crippen LogP contribution in [0.15, 0.2) is 36.9 Å². The highest BCUT2D eigenvalue weighted by Gasteiger charge is 2.50. The Balaban J connectivity index is 1.73. The smallest absolute Gasteiger partial charge is 0.311 e. The second-order valence-electron chi connectivity index (χ2n) is 12.6. The first-order valence-corrected chi connectivity index (χ1v) is 14.5. The van der Waals surface area contributed by atoms with E-state index in [0.717, 1.165) is 17.7 Å². The van der Waals surface area contributed by atoms with Crippen molar-refractivity contribution < 1.29 is 33.2 Å². The summed E-state index contributed by atoms with van der Waals surface area (Å²) in [5.74, 6) is -0.369. The number of methoxy groups -OCH3 is 1. The lowest BCUT2D eigenvalue weighted by atomic mass is 9.75. The highest BCUT2D eigenvalue weighted by atomic mass is 16.7. The molecule has 7 heteroatoms. The third kappa shape index (κ3) is 6.22. The minimum absolute atomic E-state index is 0.0122. The Morgan fingerprint density at radius 2 is 1.41 bits per heavy atom. The highest BCUT2D eigenvalue weighted by molar-refractivity contribution is 5.73. The van der Waals surface area contributed by atoms with Crippen LogP contribution in [-0.2, 0) is 28.5 Å². The van der Waals surface area contributed by atoms with Crippen molar-refractivity contribution in [1.82, 2.24) is 0 Å². The third-order valence-corrected chi connectivity index (χ3v) is 9.11. The van der Waals surface area contributed by atoms with E-state index in [-0.39, 0.29) is 60.0 Å². The third-order valence-electron chi connectivity index (χ3n) is 9.11. The lowest BCUT2D eigenvalue weighted by Crippen LogP contribution is -2.56. The summed E-state index contributed by atoms with van der Waals surface area (Å²) in [6, 6.07) is 7.80. The second-order valence-corrected chi connectivity index (χ2v) is 12.6. The van der Waals surface area contributed by atoms with Gasteiger partial charge < -0.3 is 28.4 Å². The van der Waals surface area contributed by atoms with Gasteiger partial charge in [-0.1, -0.05) is 59.4 Å². The van der Waals surface area contributed by atoms with Crippen LogP contribution in [0.1, 0.15) is 73.7 Å². The van der Waals surface area contributed by atoms with Crippen molar-refractivity contribution in [3.8, 4) is 5.75 Å². The van der Waals surface area contributed by atoms with E-state index in [1.807, 2.05) is 45.0 Å². The van der Waals surface area contributed by atoms with Gasteiger partial charge in [0.15, 0.2) is 12.1 Å². The molecule has 3 aliphatic heterocycles.